The highest BCUT2D eigenvalue weighted by Crippen LogP contribution is 2.36. The molecule has 5 rings (SSSR count). The lowest BCUT2D eigenvalue weighted by molar-refractivity contribution is -0.0477. The molecule has 0 spiro atoms. The molecule has 1 aliphatic carbocycles. The van der Waals surface area contributed by atoms with E-state index in [1.807, 2.05) is 13.0 Å². The summed E-state index contributed by atoms with van der Waals surface area (Å²) in [6.45, 7) is 1.94. The van der Waals surface area contributed by atoms with Gasteiger partial charge in [-0.05, 0) is 56.2 Å². The number of carbonyl (C=O) groups excluding carboxylic acids is 1. The number of anilines is 1. The lowest BCUT2D eigenvalue weighted by atomic mass is 10.0. The number of hydroxylamine groups is 1. The van der Waals surface area contributed by atoms with E-state index in [-0.39, 0.29) is 34.3 Å². The molecule has 36 heavy (non-hydrogen) atoms. The number of hydrogen-bond donors (Lipinski definition) is 2. The molecule has 2 aliphatic rings. The van der Waals surface area contributed by atoms with Gasteiger partial charge in [0, 0.05) is 23.5 Å². The Balaban J connectivity index is 1.35. The van der Waals surface area contributed by atoms with Gasteiger partial charge in [0.05, 0.1) is 27.5 Å². The van der Waals surface area contributed by atoms with Crippen molar-refractivity contribution in [3.05, 3.63) is 87.9 Å². The molecule has 2 aromatic carbocycles. The fourth-order valence-electron chi connectivity index (χ4n) is 3.57. The Morgan fingerprint density at radius 3 is 2.69 bits per heavy atom. The van der Waals surface area contributed by atoms with Crippen LogP contribution >= 0.6 is 23.2 Å². The monoisotopic (exact) mass is 529 g/mol. The van der Waals surface area contributed by atoms with Crippen molar-refractivity contribution in [2.45, 2.75) is 31.5 Å². The highest BCUT2D eigenvalue weighted by atomic mass is 35.5. The SMILES string of the molecule is CC1(COc2cc(C(=O)Nc3c(Cl)cncc3Cl)ccc2OC2CC2)C=C(c2cccc(F)c2)NO1. The van der Waals surface area contributed by atoms with Crippen LogP contribution in [-0.4, -0.2) is 29.2 Å². The molecule has 1 atom stereocenters. The van der Waals surface area contributed by atoms with E-state index < -0.39 is 11.5 Å². The maximum Gasteiger partial charge on any atom is 0.255 e. The average molecular weight is 530 g/mol. The third-order valence-corrected chi connectivity index (χ3v) is 6.18. The van der Waals surface area contributed by atoms with Crippen molar-refractivity contribution < 1.29 is 23.5 Å². The summed E-state index contributed by atoms with van der Waals surface area (Å²) in [6.07, 6.45) is 6.67. The van der Waals surface area contributed by atoms with Crippen molar-refractivity contribution in [3.63, 3.8) is 0 Å². The van der Waals surface area contributed by atoms with E-state index in [4.69, 9.17) is 37.5 Å². The van der Waals surface area contributed by atoms with Gasteiger partial charge in [-0.15, -0.1) is 0 Å². The predicted molar refractivity (Wildman–Crippen MR) is 135 cm³/mol. The minimum absolute atomic E-state index is 0.104. The lowest BCUT2D eigenvalue weighted by Gasteiger charge is -2.22. The number of ether oxygens (including phenoxy) is 2. The maximum absolute atomic E-state index is 13.6. The van der Waals surface area contributed by atoms with Crippen molar-refractivity contribution in [2.75, 3.05) is 11.9 Å². The zero-order valence-corrected chi connectivity index (χ0v) is 20.7. The Hall–Kier alpha value is -3.33. The molecule has 0 radical (unpaired) electrons. The minimum atomic E-state index is -0.852. The van der Waals surface area contributed by atoms with E-state index in [1.54, 1.807) is 30.3 Å². The molecule has 10 heteroatoms. The first kappa shape index (κ1) is 24.4. The first-order chi connectivity index (χ1) is 17.3. The second-order valence-corrected chi connectivity index (χ2v) is 9.60. The topological polar surface area (TPSA) is 81.7 Å². The number of aromatic nitrogens is 1. The van der Waals surface area contributed by atoms with Gasteiger partial charge in [0.25, 0.3) is 5.91 Å². The zero-order valence-electron chi connectivity index (χ0n) is 19.2. The predicted octanol–water partition coefficient (Wildman–Crippen LogP) is 6.03. The molecule has 1 saturated carbocycles. The molecule has 1 amide bonds. The summed E-state index contributed by atoms with van der Waals surface area (Å²) in [5.41, 5.74) is 3.87. The normalized spacial score (nSPS) is 18.8. The van der Waals surface area contributed by atoms with Gasteiger partial charge >= 0.3 is 0 Å². The van der Waals surface area contributed by atoms with Gasteiger partial charge in [-0.2, -0.15) is 0 Å². The number of pyridine rings is 1. The van der Waals surface area contributed by atoms with E-state index in [1.165, 1.54) is 24.5 Å². The molecule has 0 saturated heterocycles. The number of hydrogen-bond acceptors (Lipinski definition) is 6. The van der Waals surface area contributed by atoms with E-state index in [0.717, 1.165) is 12.8 Å². The number of rotatable bonds is 8. The maximum atomic E-state index is 13.6. The first-order valence-electron chi connectivity index (χ1n) is 11.3. The molecular formula is C26H22Cl2FN3O4. The van der Waals surface area contributed by atoms with Gasteiger partial charge < -0.3 is 14.8 Å². The fourth-order valence-corrected chi connectivity index (χ4v) is 4.03. The van der Waals surface area contributed by atoms with Gasteiger partial charge in [0.15, 0.2) is 11.5 Å². The zero-order chi connectivity index (χ0) is 25.3. The molecule has 186 valence electrons. The van der Waals surface area contributed by atoms with Crippen molar-refractivity contribution in [2.24, 2.45) is 0 Å². The molecular weight excluding hydrogens is 508 g/mol. The van der Waals surface area contributed by atoms with Crippen LogP contribution in [0.2, 0.25) is 10.0 Å². The molecule has 0 bridgehead atoms. The fraction of sp³-hybridized carbons (Fsp3) is 0.231. The Kier molecular flexibility index (Phi) is 6.75. The molecule has 1 aliphatic heterocycles. The molecule has 1 fully saturated rings. The van der Waals surface area contributed by atoms with E-state index in [2.05, 4.69) is 15.8 Å². The number of benzene rings is 2. The van der Waals surface area contributed by atoms with Gasteiger partial charge in [-0.1, -0.05) is 35.3 Å². The third kappa shape index (κ3) is 5.56. The van der Waals surface area contributed by atoms with Crippen molar-refractivity contribution in [1.29, 1.82) is 0 Å². The van der Waals surface area contributed by atoms with Crippen LogP contribution in [0.25, 0.3) is 5.70 Å². The number of nitrogens with one attached hydrogen (secondary N) is 2. The van der Waals surface area contributed by atoms with E-state index in [0.29, 0.717) is 28.3 Å². The summed E-state index contributed by atoms with van der Waals surface area (Å²) < 4.78 is 25.7. The van der Waals surface area contributed by atoms with E-state index in [9.17, 15) is 9.18 Å². The molecule has 3 aromatic rings. The highest BCUT2D eigenvalue weighted by molar-refractivity contribution is 6.39. The van der Waals surface area contributed by atoms with Gasteiger partial charge in [-0.25, -0.2) is 4.39 Å². The summed E-state index contributed by atoms with van der Waals surface area (Å²) in [7, 11) is 0. The Labute approximate surface area is 217 Å². The van der Waals surface area contributed by atoms with Crippen LogP contribution < -0.4 is 20.3 Å². The quantitative estimate of drug-likeness (QED) is 0.370. The largest absolute Gasteiger partial charge is 0.487 e. The minimum Gasteiger partial charge on any atom is -0.487 e. The van der Waals surface area contributed by atoms with Crippen molar-refractivity contribution in [3.8, 4) is 11.5 Å². The highest BCUT2D eigenvalue weighted by Gasteiger charge is 2.32. The van der Waals surface area contributed by atoms with Gasteiger partial charge in [-0.3, -0.25) is 20.1 Å². The van der Waals surface area contributed by atoms with Crippen molar-refractivity contribution in [1.82, 2.24) is 10.5 Å². The number of halogens is 3. The van der Waals surface area contributed by atoms with Gasteiger partial charge in [0.1, 0.15) is 18.0 Å². The average Bonchev–Trinajstić information content (AvgIpc) is 3.59. The molecule has 2 N–H and O–H groups in total. The Morgan fingerprint density at radius 1 is 1.19 bits per heavy atom. The van der Waals surface area contributed by atoms with Crippen LogP contribution in [0.5, 0.6) is 11.5 Å². The van der Waals surface area contributed by atoms with Crippen LogP contribution in [0, 0.1) is 5.82 Å². The second-order valence-electron chi connectivity index (χ2n) is 8.78. The van der Waals surface area contributed by atoms with Crippen LogP contribution in [0.4, 0.5) is 10.1 Å². The Bertz CT molecular complexity index is 1330. The van der Waals surface area contributed by atoms with Crippen LogP contribution in [0.3, 0.4) is 0 Å². The summed E-state index contributed by atoms with van der Waals surface area (Å²) in [6, 6.07) is 11.1. The second kappa shape index (κ2) is 9.97. The standard InChI is InChI=1S/C26H22Cl2FN3O4/c1-26(11-21(32-36-26)15-3-2-4-17(29)9-15)14-34-23-10-16(5-8-22(23)35-18-6-7-18)25(33)31-24-19(27)12-30-13-20(24)28/h2-5,8-13,18,32H,6-7,14H2,1H3,(H,30,31,33). The molecule has 1 unspecified atom stereocenters. The summed E-state index contributed by atoms with van der Waals surface area (Å²) in [5, 5.41) is 3.16. The molecule has 7 nitrogen and oxygen atoms in total. The molecule has 1 aromatic heterocycles. The number of nitrogens with zero attached hydrogens (tertiary/aromatic N) is 1. The number of carbonyl (C=O) groups is 1. The van der Waals surface area contributed by atoms with Crippen LogP contribution in [0.15, 0.2) is 60.9 Å². The van der Waals surface area contributed by atoms with Gasteiger partial charge in [0.2, 0.25) is 0 Å². The third-order valence-electron chi connectivity index (χ3n) is 5.61. The Morgan fingerprint density at radius 2 is 1.97 bits per heavy atom. The molecule has 2 heterocycles. The summed E-state index contributed by atoms with van der Waals surface area (Å²) in [4.78, 5) is 22.6. The van der Waals surface area contributed by atoms with Crippen LogP contribution in [0.1, 0.15) is 35.7 Å². The van der Waals surface area contributed by atoms with Crippen molar-refractivity contribution >= 4 is 40.5 Å². The van der Waals surface area contributed by atoms with Crippen LogP contribution in [-0.2, 0) is 4.84 Å². The lowest BCUT2D eigenvalue weighted by Crippen LogP contribution is -2.33. The first-order valence-corrected chi connectivity index (χ1v) is 12.0. The van der Waals surface area contributed by atoms with E-state index >= 15 is 0 Å². The summed E-state index contributed by atoms with van der Waals surface area (Å²) >= 11 is 12.3. The smallest absolute Gasteiger partial charge is 0.255 e. The summed E-state index contributed by atoms with van der Waals surface area (Å²) in [5.74, 6) is 0.147. The number of amides is 1.